The van der Waals surface area contributed by atoms with Crippen molar-refractivity contribution in [3.63, 3.8) is 0 Å². The number of carbonyl (C=O) groups excluding carboxylic acids is 2. The first kappa shape index (κ1) is 25.6. The molecule has 3 heterocycles. The maximum atomic E-state index is 12.9. The van der Waals surface area contributed by atoms with Crippen molar-refractivity contribution in [1.82, 2.24) is 29.5 Å². The normalized spacial score (nSPS) is 19.2. The Kier molecular flexibility index (Phi) is 8.48. The molecule has 2 saturated heterocycles. The van der Waals surface area contributed by atoms with Crippen LogP contribution in [0.1, 0.15) is 25.3 Å². The fourth-order valence-corrected chi connectivity index (χ4v) is 5.84. The number of hydrogen-bond acceptors (Lipinski definition) is 8. The summed E-state index contributed by atoms with van der Waals surface area (Å²) in [7, 11) is -3.69. The molecule has 1 aromatic rings. The van der Waals surface area contributed by atoms with Gasteiger partial charge in [-0.3, -0.25) is 19.4 Å². The van der Waals surface area contributed by atoms with Gasteiger partial charge in [0.1, 0.15) is 10.6 Å². The molecule has 2 amide bonds. The molecule has 2 fully saturated rings. The van der Waals surface area contributed by atoms with Crippen LogP contribution in [-0.2, 0) is 19.6 Å². The fraction of sp³-hybridized carbons (Fsp3) is 0.762. The molecular formula is C21H36N6O5S. The highest BCUT2D eigenvalue weighted by molar-refractivity contribution is 7.89. The van der Waals surface area contributed by atoms with Gasteiger partial charge >= 0.3 is 0 Å². The maximum absolute atomic E-state index is 12.9. The van der Waals surface area contributed by atoms with Crippen molar-refractivity contribution in [3.05, 3.63) is 11.5 Å². The fourth-order valence-electron chi connectivity index (χ4n) is 4.12. The zero-order valence-corrected chi connectivity index (χ0v) is 20.9. The summed E-state index contributed by atoms with van der Waals surface area (Å²) in [4.78, 5) is 30.8. The quantitative estimate of drug-likeness (QED) is 0.525. The molecule has 0 saturated carbocycles. The Morgan fingerprint density at radius 1 is 0.970 bits per heavy atom. The number of rotatable bonds is 8. The molecule has 0 aliphatic carbocycles. The lowest BCUT2D eigenvalue weighted by Crippen LogP contribution is -2.55. The number of sulfonamides is 1. The molecule has 3 rings (SSSR count). The van der Waals surface area contributed by atoms with E-state index < -0.39 is 10.0 Å². The molecule has 0 atom stereocenters. The standard InChI is InChI=1S/C21H36N6O5S/c1-16(2)13-22-19(28)14-24-5-7-25(8-6-24)15-20(29)26-9-11-27(12-10-26)33(30,31)21-17(3)23-32-18(21)4/h16H,5-15H2,1-4H3,(H,22,28). The van der Waals surface area contributed by atoms with Crippen LogP contribution in [0.3, 0.4) is 0 Å². The third kappa shape index (κ3) is 6.52. The van der Waals surface area contributed by atoms with E-state index in [1.54, 1.807) is 18.7 Å². The molecule has 186 valence electrons. The number of aromatic nitrogens is 1. The number of hydrogen-bond donors (Lipinski definition) is 1. The van der Waals surface area contributed by atoms with Gasteiger partial charge in [0.25, 0.3) is 0 Å². The molecule has 0 bridgehead atoms. The zero-order chi connectivity index (χ0) is 24.2. The second kappa shape index (κ2) is 10.9. The van der Waals surface area contributed by atoms with E-state index in [-0.39, 0.29) is 35.6 Å². The third-order valence-corrected chi connectivity index (χ3v) is 8.20. The Balaban J connectivity index is 1.42. The first-order valence-corrected chi connectivity index (χ1v) is 12.9. The largest absolute Gasteiger partial charge is 0.360 e. The van der Waals surface area contributed by atoms with Gasteiger partial charge in [-0.1, -0.05) is 19.0 Å². The van der Waals surface area contributed by atoms with Crippen LogP contribution in [0.2, 0.25) is 0 Å². The molecule has 0 radical (unpaired) electrons. The van der Waals surface area contributed by atoms with Crippen molar-refractivity contribution < 1.29 is 22.5 Å². The van der Waals surface area contributed by atoms with E-state index in [0.29, 0.717) is 44.3 Å². The molecule has 0 unspecified atom stereocenters. The summed E-state index contributed by atoms with van der Waals surface area (Å²) in [5, 5.41) is 6.68. The van der Waals surface area contributed by atoms with Gasteiger partial charge in [0.15, 0.2) is 5.76 Å². The van der Waals surface area contributed by atoms with Gasteiger partial charge in [0.2, 0.25) is 21.8 Å². The van der Waals surface area contributed by atoms with Gasteiger partial charge in [-0.2, -0.15) is 4.31 Å². The van der Waals surface area contributed by atoms with E-state index >= 15 is 0 Å². The number of aryl methyl sites for hydroxylation is 2. The van der Waals surface area contributed by atoms with Gasteiger partial charge in [0, 0.05) is 58.9 Å². The number of carbonyl (C=O) groups is 2. The molecule has 2 aliphatic rings. The van der Waals surface area contributed by atoms with Gasteiger partial charge in [-0.15, -0.1) is 0 Å². The van der Waals surface area contributed by atoms with Crippen LogP contribution in [0.15, 0.2) is 9.42 Å². The number of nitrogens with one attached hydrogen (secondary N) is 1. The van der Waals surface area contributed by atoms with Gasteiger partial charge in [-0.05, 0) is 19.8 Å². The van der Waals surface area contributed by atoms with E-state index in [4.69, 9.17) is 4.52 Å². The summed E-state index contributed by atoms with van der Waals surface area (Å²) in [6.07, 6.45) is 0. The Hall–Kier alpha value is -2.02. The van der Waals surface area contributed by atoms with Crippen molar-refractivity contribution in [2.75, 3.05) is 72.0 Å². The van der Waals surface area contributed by atoms with Crippen molar-refractivity contribution in [2.45, 2.75) is 32.6 Å². The zero-order valence-electron chi connectivity index (χ0n) is 20.0. The van der Waals surface area contributed by atoms with Crippen molar-refractivity contribution >= 4 is 21.8 Å². The minimum atomic E-state index is -3.69. The van der Waals surface area contributed by atoms with E-state index in [1.165, 1.54) is 4.31 Å². The Labute approximate surface area is 196 Å². The van der Waals surface area contributed by atoms with Crippen LogP contribution in [0.25, 0.3) is 0 Å². The summed E-state index contributed by atoms with van der Waals surface area (Å²) < 4.78 is 32.3. The lowest BCUT2D eigenvalue weighted by molar-refractivity contribution is -0.134. The third-order valence-electron chi connectivity index (χ3n) is 6.06. The first-order chi connectivity index (χ1) is 15.6. The van der Waals surface area contributed by atoms with Crippen LogP contribution in [0.4, 0.5) is 0 Å². The van der Waals surface area contributed by atoms with Crippen molar-refractivity contribution in [3.8, 4) is 0 Å². The Morgan fingerprint density at radius 3 is 2.06 bits per heavy atom. The molecule has 0 aromatic carbocycles. The van der Waals surface area contributed by atoms with E-state index in [9.17, 15) is 18.0 Å². The molecule has 1 N–H and O–H groups in total. The van der Waals surface area contributed by atoms with Crippen LogP contribution in [-0.4, -0.2) is 116 Å². The van der Waals surface area contributed by atoms with Crippen LogP contribution in [0, 0.1) is 19.8 Å². The predicted octanol–water partition coefficient (Wildman–Crippen LogP) is -0.486. The smallest absolute Gasteiger partial charge is 0.248 e. The highest BCUT2D eigenvalue weighted by atomic mass is 32.2. The van der Waals surface area contributed by atoms with Gasteiger partial charge in [0.05, 0.1) is 13.1 Å². The summed E-state index contributed by atoms with van der Waals surface area (Å²) >= 11 is 0. The van der Waals surface area contributed by atoms with Crippen molar-refractivity contribution in [2.24, 2.45) is 5.92 Å². The minimum absolute atomic E-state index is 0.00696. The van der Waals surface area contributed by atoms with Crippen LogP contribution in [0.5, 0.6) is 0 Å². The SMILES string of the molecule is Cc1noc(C)c1S(=O)(=O)N1CCN(C(=O)CN2CCN(CC(=O)NCC(C)C)CC2)CC1. The topological polar surface area (TPSA) is 119 Å². The monoisotopic (exact) mass is 484 g/mol. The summed E-state index contributed by atoms with van der Waals surface area (Å²) in [6.45, 7) is 12.8. The highest BCUT2D eigenvalue weighted by Gasteiger charge is 2.34. The molecule has 1 aromatic heterocycles. The predicted molar refractivity (Wildman–Crippen MR) is 122 cm³/mol. The molecule has 0 spiro atoms. The Morgan fingerprint density at radius 2 is 1.55 bits per heavy atom. The molecule has 11 nitrogen and oxygen atoms in total. The van der Waals surface area contributed by atoms with E-state index in [2.05, 4.69) is 34.1 Å². The first-order valence-electron chi connectivity index (χ1n) is 11.5. The second-order valence-corrected chi connectivity index (χ2v) is 11.1. The van der Waals surface area contributed by atoms with Crippen LogP contribution < -0.4 is 5.32 Å². The summed E-state index contributed by atoms with van der Waals surface area (Å²) in [6, 6.07) is 0. The summed E-state index contributed by atoms with van der Waals surface area (Å²) in [5.41, 5.74) is 0.350. The number of nitrogens with zero attached hydrogens (tertiary/aromatic N) is 5. The average molecular weight is 485 g/mol. The Bertz CT molecular complexity index is 911. The lowest BCUT2D eigenvalue weighted by atomic mass is 10.2. The molecule has 33 heavy (non-hydrogen) atoms. The average Bonchev–Trinajstić information content (AvgIpc) is 3.12. The van der Waals surface area contributed by atoms with Crippen molar-refractivity contribution in [1.29, 1.82) is 0 Å². The lowest BCUT2D eigenvalue weighted by Gasteiger charge is -2.37. The highest BCUT2D eigenvalue weighted by Crippen LogP contribution is 2.24. The number of piperazine rings is 2. The molecular weight excluding hydrogens is 448 g/mol. The van der Waals surface area contributed by atoms with Crippen LogP contribution >= 0.6 is 0 Å². The molecule has 12 heteroatoms. The maximum Gasteiger partial charge on any atom is 0.248 e. The summed E-state index contributed by atoms with van der Waals surface area (Å²) in [5.74, 6) is 0.752. The van der Waals surface area contributed by atoms with Gasteiger partial charge in [-0.25, -0.2) is 8.42 Å². The van der Waals surface area contributed by atoms with E-state index in [0.717, 1.165) is 26.2 Å². The molecule has 2 aliphatic heterocycles. The second-order valence-electron chi connectivity index (χ2n) is 9.19. The van der Waals surface area contributed by atoms with Gasteiger partial charge < -0.3 is 14.7 Å². The minimum Gasteiger partial charge on any atom is -0.360 e. The van der Waals surface area contributed by atoms with E-state index in [1.807, 2.05) is 0 Å². The number of amides is 2.